The van der Waals surface area contributed by atoms with E-state index in [4.69, 9.17) is 5.21 Å². The number of hydrogen-bond acceptors (Lipinski definition) is 2. The Bertz CT molecular complexity index is 89.7. The maximum Gasteiger partial charge on any atom is 0.246 e. The molecule has 52 valence electrons. The second-order valence-electron chi connectivity index (χ2n) is 1.79. The molecule has 0 radical (unpaired) electrons. The molecule has 1 amide bonds. The molecule has 0 heterocycles. The second kappa shape index (κ2) is 3.43. The van der Waals surface area contributed by atoms with Gasteiger partial charge in [-0.1, -0.05) is 13.8 Å². The number of hydroxylamine groups is 1. The van der Waals surface area contributed by atoms with E-state index in [1.54, 1.807) is 12.4 Å². The van der Waals surface area contributed by atoms with Crippen LogP contribution in [0.2, 0.25) is 0 Å². The molecule has 0 aromatic rings. The molecule has 2 N–H and O–H groups in total. The van der Waals surface area contributed by atoms with Gasteiger partial charge < -0.3 is 0 Å². The van der Waals surface area contributed by atoms with E-state index in [-0.39, 0.29) is 14.7 Å². The van der Waals surface area contributed by atoms with Crippen molar-refractivity contribution in [2.24, 2.45) is 5.92 Å². The first kappa shape index (κ1) is 7.43. The number of rotatable bonds is 2. The minimum atomic E-state index is -0.312. The van der Waals surface area contributed by atoms with Gasteiger partial charge in [-0.2, -0.15) is 0 Å². The van der Waals surface area contributed by atoms with Crippen LogP contribution >= 0.6 is 0 Å². The highest BCUT2D eigenvalue weighted by molar-refractivity contribution is 5.76. The molecular formula is C5H15NO2. The number of hydrogen-bond donors (Lipinski definition) is 2. The van der Waals surface area contributed by atoms with Gasteiger partial charge >= 0.3 is 0 Å². The summed E-state index contributed by atoms with van der Waals surface area (Å²) in [6, 6.07) is 0. The van der Waals surface area contributed by atoms with Crippen LogP contribution in [0.15, 0.2) is 0 Å². The van der Waals surface area contributed by atoms with Crippen molar-refractivity contribution in [3.05, 3.63) is 0 Å². The molecule has 0 fully saturated rings. The van der Waals surface area contributed by atoms with Crippen LogP contribution in [0.25, 0.3) is 0 Å². The van der Waals surface area contributed by atoms with Crippen molar-refractivity contribution in [2.45, 2.75) is 20.3 Å². The van der Waals surface area contributed by atoms with Gasteiger partial charge in [-0.05, 0) is 6.42 Å². The molecule has 0 aromatic carbocycles. The predicted octanol–water partition coefficient (Wildman–Crippen LogP) is 1.03. The van der Waals surface area contributed by atoms with E-state index in [9.17, 15) is 4.79 Å². The van der Waals surface area contributed by atoms with Crippen LogP contribution in [-0.2, 0) is 4.79 Å². The summed E-state index contributed by atoms with van der Waals surface area (Å²) in [6.45, 7) is 3.64. The minimum absolute atomic E-state index is 0. The smallest absolute Gasteiger partial charge is 0.246 e. The Morgan fingerprint density at radius 3 is 2.62 bits per heavy atom. The Hall–Kier alpha value is -0.570. The molecule has 0 aliphatic heterocycles. The lowest BCUT2D eigenvalue weighted by molar-refractivity contribution is -0.132. The van der Waals surface area contributed by atoms with Gasteiger partial charge in [-0.25, -0.2) is 5.48 Å². The Balaban J connectivity index is -0.000000245. The largest absolute Gasteiger partial charge is 0.289 e. The number of amides is 1. The summed E-state index contributed by atoms with van der Waals surface area (Å²) >= 11 is 0. The van der Waals surface area contributed by atoms with Crippen LogP contribution in [0.4, 0.5) is 0 Å². The molecule has 8 heavy (non-hydrogen) atoms. The van der Waals surface area contributed by atoms with Gasteiger partial charge in [0.25, 0.3) is 0 Å². The molecule has 0 saturated carbocycles. The fourth-order valence-electron chi connectivity index (χ4n) is 0.296. The van der Waals surface area contributed by atoms with E-state index in [0.717, 1.165) is 6.42 Å². The summed E-state index contributed by atoms with van der Waals surface area (Å²) in [7, 11) is 0. The topological polar surface area (TPSA) is 49.3 Å². The van der Waals surface area contributed by atoms with Crippen molar-refractivity contribution in [1.82, 2.24) is 5.48 Å². The van der Waals surface area contributed by atoms with E-state index in [1.165, 1.54) is 0 Å². The second-order valence-corrected chi connectivity index (χ2v) is 1.79. The highest BCUT2D eigenvalue weighted by Gasteiger charge is 2.06. The molecule has 3 nitrogen and oxygen atoms in total. The highest BCUT2D eigenvalue weighted by atomic mass is 16.5. The van der Waals surface area contributed by atoms with Crippen LogP contribution in [0.1, 0.15) is 23.1 Å². The SMILES string of the molecule is CCC(C)C(=O)NO.[HH].[HH]. The van der Waals surface area contributed by atoms with Crippen LogP contribution in [0, 0.1) is 5.92 Å². The van der Waals surface area contributed by atoms with Gasteiger partial charge in [0.05, 0.1) is 0 Å². The lowest BCUT2D eigenvalue weighted by Gasteiger charge is -2.02. The van der Waals surface area contributed by atoms with Gasteiger partial charge in [0.15, 0.2) is 0 Å². The van der Waals surface area contributed by atoms with Gasteiger partial charge in [0.1, 0.15) is 0 Å². The third kappa shape index (κ3) is 1.93. The highest BCUT2D eigenvalue weighted by Crippen LogP contribution is 1.97. The standard InChI is InChI=1S/C5H11NO2.2H2/c1-3-4(2)5(7)6-8;;/h4,8H,3H2,1-2H3,(H,6,7);2*1H. The Morgan fingerprint density at radius 2 is 2.50 bits per heavy atom. The van der Waals surface area contributed by atoms with Gasteiger partial charge in [0, 0.05) is 8.77 Å². The maximum atomic E-state index is 10.4. The van der Waals surface area contributed by atoms with E-state index >= 15 is 0 Å². The monoisotopic (exact) mass is 121 g/mol. The van der Waals surface area contributed by atoms with Gasteiger partial charge in [0.2, 0.25) is 5.91 Å². The first-order chi connectivity index (χ1) is 3.72. The average Bonchev–Trinajstić information content (AvgIpc) is 1.84. The number of carbonyl (C=O) groups excluding carboxylic acids is 1. The maximum absolute atomic E-state index is 10.4. The average molecular weight is 121 g/mol. The quantitative estimate of drug-likeness (QED) is 0.423. The fraction of sp³-hybridized carbons (Fsp3) is 0.800. The van der Waals surface area contributed by atoms with Crippen molar-refractivity contribution in [3.63, 3.8) is 0 Å². The Morgan fingerprint density at radius 1 is 2.00 bits per heavy atom. The summed E-state index contributed by atoms with van der Waals surface area (Å²) in [4.78, 5) is 10.4. The van der Waals surface area contributed by atoms with Crippen molar-refractivity contribution >= 4 is 5.91 Å². The lowest BCUT2D eigenvalue weighted by atomic mass is 10.1. The van der Waals surface area contributed by atoms with E-state index in [2.05, 4.69) is 0 Å². The zero-order valence-corrected chi connectivity index (χ0v) is 5.14. The zero-order valence-electron chi connectivity index (χ0n) is 5.14. The van der Waals surface area contributed by atoms with Crippen molar-refractivity contribution in [2.75, 3.05) is 0 Å². The van der Waals surface area contributed by atoms with Crippen LogP contribution in [0.3, 0.4) is 0 Å². The summed E-state index contributed by atoms with van der Waals surface area (Å²) < 4.78 is 0. The third-order valence-electron chi connectivity index (χ3n) is 1.17. The molecular weight excluding hydrogens is 106 g/mol. The lowest BCUT2D eigenvalue weighted by Crippen LogP contribution is -2.25. The van der Waals surface area contributed by atoms with E-state index in [1.807, 2.05) is 6.92 Å². The van der Waals surface area contributed by atoms with Crippen molar-refractivity contribution < 1.29 is 12.9 Å². The molecule has 1 unspecified atom stereocenters. The molecule has 0 rings (SSSR count). The normalized spacial score (nSPS) is 12.9. The molecule has 0 aromatic heterocycles. The molecule has 0 saturated heterocycles. The molecule has 0 bridgehead atoms. The summed E-state index contributed by atoms with van der Waals surface area (Å²) in [5.41, 5.74) is 1.58. The Kier molecular flexibility index (Phi) is 3.19. The molecule has 0 aliphatic carbocycles. The number of carbonyl (C=O) groups is 1. The summed E-state index contributed by atoms with van der Waals surface area (Å²) in [6.07, 6.45) is 0.756. The fourth-order valence-corrected chi connectivity index (χ4v) is 0.296. The summed E-state index contributed by atoms with van der Waals surface area (Å²) in [5, 5.41) is 8.04. The third-order valence-corrected chi connectivity index (χ3v) is 1.17. The number of nitrogens with one attached hydrogen (secondary N) is 1. The van der Waals surface area contributed by atoms with E-state index < -0.39 is 0 Å². The van der Waals surface area contributed by atoms with Crippen LogP contribution in [-0.4, -0.2) is 11.1 Å². The van der Waals surface area contributed by atoms with Crippen molar-refractivity contribution in [1.29, 1.82) is 0 Å². The van der Waals surface area contributed by atoms with Gasteiger partial charge in [-0.3, -0.25) is 10.0 Å². The van der Waals surface area contributed by atoms with Crippen LogP contribution < -0.4 is 5.48 Å². The predicted molar refractivity (Wildman–Crippen MR) is 33.6 cm³/mol. The van der Waals surface area contributed by atoms with E-state index in [0.29, 0.717) is 0 Å². The first-order valence-corrected chi connectivity index (χ1v) is 2.66. The van der Waals surface area contributed by atoms with Crippen LogP contribution in [0.5, 0.6) is 0 Å². The molecule has 1 atom stereocenters. The van der Waals surface area contributed by atoms with Crippen molar-refractivity contribution in [3.8, 4) is 0 Å². The molecule has 0 aliphatic rings. The molecule has 0 spiro atoms. The Labute approximate surface area is 51.6 Å². The first-order valence-electron chi connectivity index (χ1n) is 2.66. The van der Waals surface area contributed by atoms with Gasteiger partial charge in [-0.15, -0.1) is 0 Å². The minimum Gasteiger partial charge on any atom is -0.289 e. The summed E-state index contributed by atoms with van der Waals surface area (Å²) in [5.74, 6) is -0.396. The molecule has 3 heteroatoms. The zero-order chi connectivity index (χ0) is 6.57.